The molecule has 1 N–H and O–H groups in total. The molecule has 1 saturated heterocycles. The first-order valence-corrected chi connectivity index (χ1v) is 8.86. The maximum atomic E-state index is 5.88. The number of rotatable bonds is 4. The highest BCUT2D eigenvalue weighted by Gasteiger charge is 2.18. The van der Waals surface area contributed by atoms with Crippen LogP contribution in [0.2, 0.25) is 0 Å². The summed E-state index contributed by atoms with van der Waals surface area (Å²) >= 11 is 3.55. The average molecular weight is 401 g/mol. The predicted molar refractivity (Wildman–Crippen MR) is 102 cm³/mol. The van der Waals surface area contributed by atoms with Gasteiger partial charge in [-0.25, -0.2) is 4.98 Å². The smallest absolute Gasteiger partial charge is 0.210 e. The van der Waals surface area contributed by atoms with Crippen molar-refractivity contribution in [2.45, 2.75) is 0 Å². The molecule has 1 fully saturated rings. The number of anilines is 2. The number of pyridine rings is 1. The lowest BCUT2D eigenvalue weighted by atomic mass is 10.2. The molecule has 6 nitrogen and oxygen atoms in total. The van der Waals surface area contributed by atoms with Crippen LogP contribution >= 0.6 is 15.9 Å². The van der Waals surface area contributed by atoms with Gasteiger partial charge in [0, 0.05) is 24.5 Å². The lowest BCUT2D eigenvalue weighted by Crippen LogP contribution is -2.36. The number of furan rings is 1. The van der Waals surface area contributed by atoms with Gasteiger partial charge in [-0.2, -0.15) is 5.10 Å². The van der Waals surface area contributed by atoms with Crippen molar-refractivity contribution in [1.82, 2.24) is 4.98 Å². The van der Waals surface area contributed by atoms with E-state index >= 15 is 0 Å². The Hall–Kier alpha value is -2.38. The van der Waals surface area contributed by atoms with Gasteiger partial charge in [0.2, 0.25) is 5.88 Å². The molecule has 0 bridgehead atoms. The van der Waals surface area contributed by atoms with Crippen molar-refractivity contribution in [3.8, 4) is 0 Å². The summed E-state index contributed by atoms with van der Waals surface area (Å²) in [6.07, 6.45) is 1.64. The summed E-state index contributed by atoms with van der Waals surface area (Å²) in [7, 11) is 0. The molecule has 0 saturated carbocycles. The topological polar surface area (TPSA) is 62.9 Å². The molecule has 0 radical (unpaired) electrons. The van der Waals surface area contributed by atoms with Crippen LogP contribution in [0.1, 0.15) is 5.76 Å². The van der Waals surface area contributed by atoms with E-state index in [9.17, 15) is 0 Å². The summed E-state index contributed by atoms with van der Waals surface area (Å²) < 4.78 is 12.2. The minimum absolute atomic E-state index is 0.668. The molecule has 7 heteroatoms. The molecule has 3 aromatic rings. The molecule has 0 unspecified atom stereocenters. The molecule has 4 rings (SSSR count). The Labute approximate surface area is 153 Å². The summed E-state index contributed by atoms with van der Waals surface area (Å²) in [5, 5.41) is 5.32. The second-order valence-electron chi connectivity index (χ2n) is 5.66. The summed E-state index contributed by atoms with van der Waals surface area (Å²) in [5.74, 6) is 2.17. The van der Waals surface area contributed by atoms with E-state index < -0.39 is 0 Å². The Morgan fingerprint density at radius 1 is 1.16 bits per heavy atom. The number of hydrazone groups is 1. The molecule has 1 aromatic carbocycles. The van der Waals surface area contributed by atoms with Gasteiger partial charge in [0.15, 0.2) is 5.76 Å². The molecule has 0 spiro atoms. The Kier molecular flexibility index (Phi) is 4.67. The minimum atomic E-state index is 0.668. The number of para-hydroxylation sites is 1. The maximum Gasteiger partial charge on any atom is 0.210 e. The van der Waals surface area contributed by atoms with E-state index in [1.807, 2.05) is 42.5 Å². The number of fused-ring (bicyclic) bond motifs is 1. The Bertz CT molecular complexity index is 903. The molecule has 0 aliphatic carbocycles. The van der Waals surface area contributed by atoms with Gasteiger partial charge < -0.3 is 14.1 Å². The van der Waals surface area contributed by atoms with Gasteiger partial charge in [0.05, 0.1) is 29.4 Å². The number of hydrogen-bond donors (Lipinski definition) is 1. The second kappa shape index (κ2) is 7.25. The Morgan fingerprint density at radius 3 is 2.88 bits per heavy atom. The van der Waals surface area contributed by atoms with Crippen molar-refractivity contribution < 1.29 is 9.15 Å². The van der Waals surface area contributed by atoms with Crippen molar-refractivity contribution >= 4 is 44.7 Å². The monoisotopic (exact) mass is 400 g/mol. The molecule has 1 aliphatic rings. The van der Waals surface area contributed by atoms with Crippen molar-refractivity contribution in [2.75, 3.05) is 36.6 Å². The van der Waals surface area contributed by atoms with E-state index in [0.717, 1.165) is 34.3 Å². The zero-order valence-electron chi connectivity index (χ0n) is 13.5. The number of morpholine rings is 1. The van der Waals surface area contributed by atoms with Crippen LogP contribution in [0, 0.1) is 0 Å². The third-order valence-electron chi connectivity index (χ3n) is 3.96. The summed E-state index contributed by atoms with van der Waals surface area (Å²) in [4.78, 5) is 6.67. The molecule has 2 aromatic heterocycles. The van der Waals surface area contributed by atoms with Crippen LogP contribution in [0.25, 0.3) is 10.9 Å². The second-order valence-corrected chi connectivity index (χ2v) is 6.51. The van der Waals surface area contributed by atoms with Gasteiger partial charge >= 0.3 is 0 Å². The quantitative estimate of drug-likeness (QED) is 0.531. The summed E-state index contributed by atoms with van der Waals surface area (Å²) in [6.45, 7) is 3.07. The van der Waals surface area contributed by atoms with E-state index in [1.165, 1.54) is 0 Å². The van der Waals surface area contributed by atoms with Crippen molar-refractivity contribution in [3.63, 3.8) is 0 Å². The molecule has 25 heavy (non-hydrogen) atoms. The molecule has 0 amide bonds. The van der Waals surface area contributed by atoms with Gasteiger partial charge in [0.25, 0.3) is 0 Å². The minimum Gasteiger partial charge on any atom is -0.438 e. The number of hydrogen-bond acceptors (Lipinski definition) is 6. The lowest BCUT2D eigenvalue weighted by molar-refractivity contribution is 0.120. The number of nitrogens with zero attached hydrogens (tertiary/aromatic N) is 3. The van der Waals surface area contributed by atoms with Crippen LogP contribution in [-0.2, 0) is 4.74 Å². The Morgan fingerprint density at radius 2 is 2.00 bits per heavy atom. The molecule has 128 valence electrons. The van der Waals surface area contributed by atoms with Crippen LogP contribution in [0.15, 0.2) is 56.5 Å². The van der Waals surface area contributed by atoms with E-state index in [0.29, 0.717) is 24.8 Å². The third-order valence-corrected chi connectivity index (χ3v) is 4.52. The lowest BCUT2D eigenvalue weighted by Gasteiger charge is -2.26. The normalized spacial score (nSPS) is 15.2. The maximum absolute atomic E-state index is 5.88. The van der Waals surface area contributed by atoms with Crippen LogP contribution in [0.4, 0.5) is 11.7 Å². The van der Waals surface area contributed by atoms with Crippen LogP contribution in [0.5, 0.6) is 0 Å². The van der Waals surface area contributed by atoms with Gasteiger partial charge in [-0.1, -0.05) is 18.2 Å². The highest BCUT2D eigenvalue weighted by molar-refractivity contribution is 9.10. The SMILES string of the molecule is Brc1cc(/C=N\Nc2ccc3ccccc3n2)oc1N1CCOCC1. The first-order valence-electron chi connectivity index (χ1n) is 8.06. The standard InChI is InChI=1S/C18H17BrN4O2/c19-15-11-14(25-18(15)23-7-9-24-10-8-23)12-20-22-17-6-5-13-3-1-2-4-16(13)21-17/h1-6,11-12H,7-10H2,(H,21,22)/b20-12-. The third kappa shape index (κ3) is 3.67. The zero-order chi connectivity index (χ0) is 17.1. The molecular weight excluding hydrogens is 384 g/mol. The largest absolute Gasteiger partial charge is 0.438 e. The zero-order valence-corrected chi connectivity index (χ0v) is 15.1. The van der Waals surface area contributed by atoms with Gasteiger partial charge in [-0.15, -0.1) is 0 Å². The van der Waals surface area contributed by atoms with Crippen molar-refractivity contribution in [2.24, 2.45) is 5.10 Å². The fourth-order valence-corrected chi connectivity index (χ4v) is 3.27. The number of nitrogens with one attached hydrogen (secondary N) is 1. The number of aromatic nitrogens is 1. The average Bonchev–Trinajstić information content (AvgIpc) is 3.03. The van der Waals surface area contributed by atoms with E-state index in [2.05, 4.69) is 36.3 Å². The first kappa shape index (κ1) is 16.1. The number of benzene rings is 1. The van der Waals surface area contributed by atoms with E-state index in [4.69, 9.17) is 9.15 Å². The predicted octanol–water partition coefficient (Wildman–Crippen LogP) is 3.87. The highest BCUT2D eigenvalue weighted by atomic mass is 79.9. The van der Waals surface area contributed by atoms with E-state index in [1.54, 1.807) is 6.21 Å². The molecule has 0 atom stereocenters. The summed E-state index contributed by atoms with van der Waals surface area (Å²) in [5.41, 5.74) is 3.87. The van der Waals surface area contributed by atoms with Gasteiger partial charge in [0.1, 0.15) is 5.82 Å². The number of halogens is 1. The van der Waals surface area contributed by atoms with Crippen LogP contribution < -0.4 is 10.3 Å². The van der Waals surface area contributed by atoms with Crippen molar-refractivity contribution in [1.29, 1.82) is 0 Å². The molecule has 3 heterocycles. The van der Waals surface area contributed by atoms with Gasteiger partial charge in [-0.05, 0) is 34.1 Å². The molecule has 1 aliphatic heterocycles. The Balaban J connectivity index is 1.46. The van der Waals surface area contributed by atoms with E-state index in [-0.39, 0.29) is 0 Å². The fourth-order valence-electron chi connectivity index (χ4n) is 2.71. The fraction of sp³-hybridized carbons (Fsp3) is 0.222. The number of ether oxygens (including phenoxy) is 1. The van der Waals surface area contributed by atoms with Crippen molar-refractivity contribution in [3.05, 3.63) is 52.7 Å². The van der Waals surface area contributed by atoms with Gasteiger partial charge in [-0.3, -0.25) is 5.43 Å². The summed E-state index contributed by atoms with van der Waals surface area (Å²) in [6, 6.07) is 13.8. The van der Waals surface area contributed by atoms with Crippen LogP contribution in [0.3, 0.4) is 0 Å². The highest BCUT2D eigenvalue weighted by Crippen LogP contribution is 2.30. The van der Waals surface area contributed by atoms with Crippen LogP contribution in [-0.4, -0.2) is 37.5 Å². The molecular formula is C18H17BrN4O2. The first-order chi connectivity index (χ1) is 12.3.